The van der Waals surface area contributed by atoms with E-state index in [0.29, 0.717) is 12.8 Å². The summed E-state index contributed by atoms with van der Waals surface area (Å²) in [6, 6.07) is 0. The van der Waals surface area contributed by atoms with Gasteiger partial charge in [-0.25, -0.2) is 4.79 Å². The molecule has 6 heteroatoms. The van der Waals surface area contributed by atoms with Crippen LogP contribution in [0.15, 0.2) is 4.52 Å². The Balaban J connectivity index is 2.17. The van der Waals surface area contributed by atoms with Crippen molar-refractivity contribution in [1.29, 1.82) is 0 Å². The van der Waals surface area contributed by atoms with E-state index < -0.39 is 11.4 Å². The Hall–Kier alpha value is -1.72. The molecule has 0 spiro atoms. The van der Waals surface area contributed by atoms with Crippen LogP contribution in [0.4, 0.5) is 0 Å². The Kier molecular flexibility index (Phi) is 2.26. The molecule has 1 aromatic rings. The second kappa shape index (κ2) is 3.45. The van der Waals surface area contributed by atoms with Crippen LogP contribution in [-0.4, -0.2) is 29.0 Å². The minimum Gasteiger partial charge on any atom is -0.460 e. The topological polar surface area (TPSA) is 82.3 Å². The Morgan fingerprint density at radius 2 is 2.40 bits per heavy atom. The standard InChI is InChI=1S/C9H10N2O4/c1-2-14-7(13)6-10-8(15-11-6)9(5-12)3-4-9/h5H,2-4H2,1H3. The minimum atomic E-state index is -0.641. The van der Waals surface area contributed by atoms with Gasteiger partial charge in [-0.05, 0) is 24.9 Å². The predicted molar refractivity (Wildman–Crippen MR) is 47.2 cm³/mol. The van der Waals surface area contributed by atoms with E-state index in [0.717, 1.165) is 6.29 Å². The normalized spacial score (nSPS) is 17.1. The molecule has 1 aromatic heterocycles. The van der Waals surface area contributed by atoms with Gasteiger partial charge in [0.25, 0.3) is 5.82 Å². The molecule has 1 aliphatic carbocycles. The van der Waals surface area contributed by atoms with Crippen molar-refractivity contribution < 1.29 is 18.8 Å². The van der Waals surface area contributed by atoms with Crippen molar-refractivity contribution in [2.75, 3.05) is 6.61 Å². The fourth-order valence-electron chi connectivity index (χ4n) is 1.22. The maximum atomic E-state index is 11.2. The van der Waals surface area contributed by atoms with Crippen LogP contribution in [0.2, 0.25) is 0 Å². The second-order valence-electron chi connectivity index (χ2n) is 3.42. The van der Waals surface area contributed by atoms with Crippen molar-refractivity contribution >= 4 is 12.3 Å². The fourth-order valence-corrected chi connectivity index (χ4v) is 1.22. The monoisotopic (exact) mass is 210 g/mol. The smallest absolute Gasteiger partial charge is 0.379 e. The van der Waals surface area contributed by atoms with Gasteiger partial charge >= 0.3 is 5.97 Å². The molecule has 0 N–H and O–H groups in total. The summed E-state index contributed by atoms with van der Waals surface area (Å²) in [5.41, 5.74) is -0.641. The molecule has 2 rings (SSSR count). The van der Waals surface area contributed by atoms with E-state index in [1.165, 1.54) is 0 Å². The van der Waals surface area contributed by atoms with Gasteiger partial charge in [0.2, 0.25) is 5.89 Å². The first kappa shape index (κ1) is 9.82. The Morgan fingerprint density at radius 3 is 2.93 bits per heavy atom. The SMILES string of the molecule is CCOC(=O)c1noc(C2(C=O)CC2)n1. The lowest BCUT2D eigenvalue weighted by Crippen LogP contribution is -2.10. The van der Waals surface area contributed by atoms with Gasteiger partial charge in [0.1, 0.15) is 11.7 Å². The molecule has 0 radical (unpaired) electrons. The first-order valence-electron chi connectivity index (χ1n) is 4.69. The summed E-state index contributed by atoms with van der Waals surface area (Å²) < 4.78 is 9.55. The van der Waals surface area contributed by atoms with E-state index in [2.05, 4.69) is 10.1 Å². The first-order valence-corrected chi connectivity index (χ1v) is 4.69. The summed E-state index contributed by atoms with van der Waals surface area (Å²) in [7, 11) is 0. The molecule has 1 aliphatic rings. The summed E-state index contributed by atoms with van der Waals surface area (Å²) in [6.07, 6.45) is 2.18. The lowest BCUT2D eigenvalue weighted by Gasteiger charge is -1.96. The molecule has 0 aliphatic heterocycles. The molecule has 0 saturated heterocycles. The lowest BCUT2D eigenvalue weighted by molar-refractivity contribution is -0.110. The lowest BCUT2D eigenvalue weighted by atomic mass is 10.1. The van der Waals surface area contributed by atoms with Crippen LogP contribution in [-0.2, 0) is 14.9 Å². The third-order valence-electron chi connectivity index (χ3n) is 2.32. The highest BCUT2D eigenvalue weighted by molar-refractivity contribution is 5.85. The summed E-state index contributed by atoms with van der Waals surface area (Å²) in [4.78, 5) is 25.8. The van der Waals surface area contributed by atoms with Crippen LogP contribution < -0.4 is 0 Å². The molecular formula is C9H10N2O4. The fraction of sp³-hybridized carbons (Fsp3) is 0.556. The van der Waals surface area contributed by atoms with Crippen LogP contribution in [0.1, 0.15) is 36.3 Å². The van der Waals surface area contributed by atoms with Crippen molar-refractivity contribution in [3.63, 3.8) is 0 Å². The molecule has 0 unspecified atom stereocenters. The zero-order chi connectivity index (χ0) is 10.9. The van der Waals surface area contributed by atoms with Gasteiger partial charge in [0, 0.05) is 0 Å². The van der Waals surface area contributed by atoms with E-state index in [-0.39, 0.29) is 18.3 Å². The number of esters is 1. The number of aromatic nitrogens is 2. The quantitative estimate of drug-likeness (QED) is 0.531. The van der Waals surface area contributed by atoms with Gasteiger partial charge in [0.15, 0.2) is 0 Å². The maximum Gasteiger partial charge on any atom is 0.379 e. The molecular weight excluding hydrogens is 200 g/mol. The molecule has 15 heavy (non-hydrogen) atoms. The Morgan fingerprint density at radius 1 is 1.67 bits per heavy atom. The number of carbonyl (C=O) groups excluding carboxylic acids is 2. The molecule has 1 fully saturated rings. The van der Waals surface area contributed by atoms with Gasteiger partial charge in [-0.15, -0.1) is 0 Å². The number of rotatable bonds is 4. The molecule has 0 aromatic carbocycles. The number of carbonyl (C=O) groups is 2. The van der Waals surface area contributed by atoms with E-state index in [4.69, 9.17) is 9.26 Å². The molecule has 6 nitrogen and oxygen atoms in total. The van der Waals surface area contributed by atoms with Crippen LogP contribution in [0.5, 0.6) is 0 Å². The molecule has 80 valence electrons. The zero-order valence-electron chi connectivity index (χ0n) is 8.23. The average Bonchev–Trinajstić information content (AvgIpc) is 2.88. The molecule has 0 bridgehead atoms. The highest BCUT2D eigenvalue weighted by Crippen LogP contribution is 2.45. The number of nitrogens with zero attached hydrogens (tertiary/aromatic N) is 2. The van der Waals surface area contributed by atoms with Crippen LogP contribution >= 0.6 is 0 Å². The second-order valence-corrected chi connectivity index (χ2v) is 3.42. The number of ether oxygens (including phenoxy) is 1. The van der Waals surface area contributed by atoms with E-state index in [1.54, 1.807) is 6.92 Å². The molecule has 1 saturated carbocycles. The van der Waals surface area contributed by atoms with Crippen molar-refractivity contribution in [2.45, 2.75) is 25.2 Å². The van der Waals surface area contributed by atoms with Crippen molar-refractivity contribution in [1.82, 2.24) is 10.1 Å². The summed E-state index contributed by atoms with van der Waals surface area (Å²) >= 11 is 0. The van der Waals surface area contributed by atoms with Crippen molar-refractivity contribution in [2.24, 2.45) is 0 Å². The number of hydrogen-bond donors (Lipinski definition) is 0. The van der Waals surface area contributed by atoms with Crippen LogP contribution in [0, 0.1) is 0 Å². The third-order valence-corrected chi connectivity index (χ3v) is 2.32. The minimum absolute atomic E-state index is 0.125. The molecule has 0 atom stereocenters. The van der Waals surface area contributed by atoms with E-state index >= 15 is 0 Å². The zero-order valence-corrected chi connectivity index (χ0v) is 8.23. The highest BCUT2D eigenvalue weighted by Gasteiger charge is 2.50. The third kappa shape index (κ3) is 1.62. The number of aldehydes is 1. The average molecular weight is 210 g/mol. The van der Waals surface area contributed by atoms with E-state index in [1.807, 2.05) is 0 Å². The largest absolute Gasteiger partial charge is 0.460 e. The van der Waals surface area contributed by atoms with Crippen molar-refractivity contribution in [3.05, 3.63) is 11.7 Å². The van der Waals surface area contributed by atoms with Gasteiger partial charge in [-0.2, -0.15) is 4.98 Å². The molecule has 1 heterocycles. The van der Waals surface area contributed by atoms with Gasteiger partial charge < -0.3 is 14.1 Å². The van der Waals surface area contributed by atoms with Gasteiger partial charge in [-0.1, -0.05) is 0 Å². The Labute approximate surface area is 85.6 Å². The summed E-state index contributed by atoms with van der Waals surface area (Å²) in [6.45, 7) is 1.94. The Bertz CT molecular complexity index is 395. The maximum absolute atomic E-state index is 11.2. The molecule has 0 amide bonds. The van der Waals surface area contributed by atoms with E-state index in [9.17, 15) is 9.59 Å². The summed E-state index contributed by atoms with van der Waals surface area (Å²) in [5.74, 6) is -0.547. The highest BCUT2D eigenvalue weighted by atomic mass is 16.5. The van der Waals surface area contributed by atoms with Crippen LogP contribution in [0.3, 0.4) is 0 Å². The van der Waals surface area contributed by atoms with Crippen molar-refractivity contribution in [3.8, 4) is 0 Å². The first-order chi connectivity index (χ1) is 7.22. The predicted octanol–water partition coefficient (Wildman–Crippen LogP) is 0.477. The van der Waals surface area contributed by atoms with Gasteiger partial charge in [0.05, 0.1) is 6.61 Å². The van der Waals surface area contributed by atoms with Crippen LogP contribution in [0.25, 0.3) is 0 Å². The summed E-state index contributed by atoms with van der Waals surface area (Å²) in [5, 5.41) is 3.47. The number of hydrogen-bond acceptors (Lipinski definition) is 6. The van der Waals surface area contributed by atoms with Gasteiger partial charge in [-0.3, -0.25) is 0 Å².